The summed E-state index contributed by atoms with van der Waals surface area (Å²) in [7, 11) is 0. The van der Waals surface area contributed by atoms with Gasteiger partial charge in [-0.25, -0.2) is 0 Å². The molecule has 0 spiro atoms. The molecule has 132 valence electrons. The number of aromatic nitrogens is 2. The topological polar surface area (TPSA) is 58.2 Å². The summed E-state index contributed by atoms with van der Waals surface area (Å²) in [5, 5.41) is 7.22. The Morgan fingerprint density at radius 1 is 1.12 bits per heavy atom. The first-order valence-electron chi connectivity index (χ1n) is 8.49. The zero-order chi connectivity index (χ0) is 17.9. The Bertz CT molecular complexity index is 896. The highest BCUT2D eigenvalue weighted by molar-refractivity contribution is 9.10. The first-order valence-corrected chi connectivity index (χ1v) is 9.28. The second-order valence-corrected chi connectivity index (χ2v) is 6.94. The molecule has 0 unspecified atom stereocenters. The van der Waals surface area contributed by atoms with Gasteiger partial charge in [-0.1, -0.05) is 60.7 Å². The molecule has 5 nitrogen and oxygen atoms in total. The van der Waals surface area contributed by atoms with Crippen molar-refractivity contribution in [3.05, 3.63) is 76.4 Å². The number of amides is 1. The van der Waals surface area contributed by atoms with Crippen LogP contribution in [0.25, 0.3) is 11.3 Å². The van der Waals surface area contributed by atoms with Crippen LogP contribution in [0.2, 0.25) is 0 Å². The number of halogens is 1. The number of carbonyl (C=O) groups is 1. The van der Waals surface area contributed by atoms with Crippen molar-refractivity contribution >= 4 is 21.8 Å². The van der Waals surface area contributed by atoms with E-state index in [-0.39, 0.29) is 12.0 Å². The van der Waals surface area contributed by atoms with Crippen LogP contribution >= 0.6 is 15.9 Å². The van der Waals surface area contributed by atoms with Gasteiger partial charge in [0.2, 0.25) is 0 Å². The predicted octanol–water partition coefficient (Wildman–Crippen LogP) is 4.05. The molecule has 0 radical (unpaired) electrons. The first-order chi connectivity index (χ1) is 12.7. The highest BCUT2D eigenvalue weighted by atomic mass is 79.9. The number of benzene rings is 2. The third kappa shape index (κ3) is 3.30. The maximum Gasteiger partial charge on any atom is 0.273 e. The number of morpholine rings is 1. The summed E-state index contributed by atoms with van der Waals surface area (Å²) in [6.07, 6.45) is -0.107. The third-order valence-corrected chi connectivity index (χ3v) is 5.27. The van der Waals surface area contributed by atoms with Crippen molar-refractivity contribution < 1.29 is 9.53 Å². The van der Waals surface area contributed by atoms with Gasteiger partial charge >= 0.3 is 0 Å². The van der Waals surface area contributed by atoms with Gasteiger partial charge < -0.3 is 9.64 Å². The van der Waals surface area contributed by atoms with Crippen LogP contribution < -0.4 is 0 Å². The van der Waals surface area contributed by atoms with E-state index in [2.05, 4.69) is 26.1 Å². The van der Waals surface area contributed by atoms with Crippen molar-refractivity contribution in [3.63, 3.8) is 0 Å². The summed E-state index contributed by atoms with van der Waals surface area (Å²) in [6, 6.07) is 19.8. The summed E-state index contributed by atoms with van der Waals surface area (Å²) in [6.45, 7) is 1.60. The third-order valence-electron chi connectivity index (χ3n) is 4.49. The Kier molecular flexibility index (Phi) is 4.86. The maximum absolute atomic E-state index is 13.0. The molecule has 1 aliphatic heterocycles. The average molecular weight is 412 g/mol. The zero-order valence-electron chi connectivity index (χ0n) is 14.1. The van der Waals surface area contributed by atoms with Gasteiger partial charge in [-0.3, -0.25) is 9.89 Å². The van der Waals surface area contributed by atoms with E-state index in [1.54, 1.807) is 0 Å². The smallest absolute Gasteiger partial charge is 0.273 e. The van der Waals surface area contributed by atoms with Crippen LogP contribution in [0, 0.1) is 0 Å². The van der Waals surface area contributed by atoms with Crippen molar-refractivity contribution in [3.8, 4) is 11.3 Å². The Hall–Kier alpha value is -2.44. The van der Waals surface area contributed by atoms with E-state index in [0.29, 0.717) is 29.9 Å². The largest absolute Gasteiger partial charge is 0.370 e. The van der Waals surface area contributed by atoms with E-state index < -0.39 is 0 Å². The van der Waals surface area contributed by atoms with Crippen molar-refractivity contribution in [2.45, 2.75) is 6.10 Å². The molecular formula is C20H18BrN3O2. The van der Waals surface area contributed by atoms with Gasteiger partial charge in [-0.15, -0.1) is 0 Å². The van der Waals surface area contributed by atoms with Crippen molar-refractivity contribution in [2.75, 3.05) is 19.7 Å². The number of ether oxygens (including phenoxy) is 1. The number of hydrogen-bond donors (Lipinski definition) is 1. The molecule has 0 saturated carbocycles. The predicted molar refractivity (Wildman–Crippen MR) is 103 cm³/mol. The van der Waals surface area contributed by atoms with Crippen LogP contribution in [0.1, 0.15) is 22.2 Å². The molecule has 6 heteroatoms. The fourth-order valence-electron chi connectivity index (χ4n) is 3.12. The lowest BCUT2D eigenvalue weighted by molar-refractivity contribution is -0.0230. The Morgan fingerprint density at radius 3 is 2.54 bits per heavy atom. The molecule has 1 fully saturated rings. The number of carbonyl (C=O) groups excluding carboxylic acids is 1. The summed E-state index contributed by atoms with van der Waals surface area (Å²) in [5.74, 6) is -0.0733. The molecule has 3 aromatic rings. The lowest BCUT2D eigenvalue weighted by Gasteiger charge is -2.33. The number of rotatable bonds is 3. The number of aromatic amines is 1. The number of H-pyrrole nitrogens is 1. The van der Waals surface area contributed by atoms with E-state index in [9.17, 15) is 4.79 Å². The van der Waals surface area contributed by atoms with Crippen LogP contribution in [0.5, 0.6) is 0 Å². The van der Waals surface area contributed by atoms with E-state index in [4.69, 9.17) is 4.74 Å². The lowest BCUT2D eigenvalue weighted by Crippen LogP contribution is -2.42. The van der Waals surface area contributed by atoms with E-state index >= 15 is 0 Å². The normalized spacial score (nSPS) is 17.3. The van der Waals surface area contributed by atoms with E-state index in [0.717, 1.165) is 16.8 Å². The van der Waals surface area contributed by atoms with E-state index in [1.807, 2.05) is 65.6 Å². The molecule has 2 aromatic carbocycles. The molecule has 0 bridgehead atoms. The molecular weight excluding hydrogens is 394 g/mol. The highest BCUT2D eigenvalue weighted by Crippen LogP contribution is 2.30. The van der Waals surface area contributed by atoms with Gasteiger partial charge in [0.15, 0.2) is 0 Å². The number of nitrogens with zero attached hydrogens (tertiary/aromatic N) is 2. The van der Waals surface area contributed by atoms with Crippen LogP contribution in [0.4, 0.5) is 0 Å². The first kappa shape index (κ1) is 17.0. The number of hydrogen-bond acceptors (Lipinski definition) is 3. The second-order valence-electron chi connectivity index (χ2n) is 6.15. The monoisotopic (exact) mass is 411 g/mol. The van der Waals surface area contributed by atoms with Gasteiger partial charge in [0, 0.05) is 12.1 Å². The fraction of sp³-hybridized carbons (Fsp3) is 0.200. The van der Waals surface area contributed by atoms with Crippen LogP contribution in [0.15, 0.2) is 65.1 Å². The highest BCUT2D eigenvalue weighted by Gasteiger charge is 2.29. The van der Waals surface area contributed by atoms with E-state index in [1.165, 1.54) is 0 Å². The molecule has 1 atom stereocenters. The van der Waals surface area contributed by atoms with Crippen LogP contribution in [-0.2, 0) is 4.74 Å². The van der Waals surface area contributed by atoms with Gasteiger partial charge in [0.05, 0.1) is 17.6 Å². The van der Waals surface area contributed by atoms with Gasteiger partial charge in [0.25, 0.3) is 5.91 Å². The average Bonchev–Trinajstić information content (AvgIpc) is 3.10. The Morgan fingerprint density at radius 2 is 1.81 bits per heavy atom. The summed E-state index contributed by atoms with van der Waals surface area (Å²) in [4.78, 5) is 14.8. The molecule has 1 aromatic heterocycles. The van der Waals surface area contributed by atoms with Gasteiger partial charge in [0.1, 0.15) is 17.5 Å². The zero-order valence-corrected chi connectivity index (χ0v) is 15.6. The molecule has 26 heavy (non-hydrogen) atoms. The Balaban J connectivity index is 1.55. The SMILES string of the molecule is O=C(c1[nH]nc(-c2ccccc2)c1Br)N1CCO[C@H](c2ccccc2)C1. The maximum atomic E-state index is 13.0. The minimum Gasteiger partial charge on any atom is -0.370 e. The molecule has 1 saturated heterocycles. The molecule has 1 N–H and O–H groups in total. The molecule has 1 amide bonds. The minimum absolute atomic E-state index is 0.0733. The molecule has 4 rings (SSSR count). The van der Waals surface area contributed by atoms with Crippen molar-refractivity contribution in [1.82, 2.24) is 15.1 Å². The summed E-state index contributed by atoms with van der Waals surface area (Å²) < 4.78 is 6.54. The van der Waals surface area contributed by atoms with Crippen LogP contribution in [-0.4, -0.2) is 40.7 Å². The fourth-order valence-corrected chi connectivity index (χ4v) is 3.69. The standard InChI is InChI=1S/C20H18BrN3O2/c21-17-18(15-9-5-2-6-10-15)22-23-19(17)20(25)24-11-12-26-16(13-24)14-7-3-1-4-8-14/h1-10,16H,11-13H2,(H,22,23)/t16-/m0/s1. The summed E-state index contributed by atoms with van der Waals surface area (Å²) in [5.41, 5.74) is 3.25. The van der Waals surface area contributed by atoms with Crippen molar-refractivity contribution in [2.24, 2.45) is 0 Å². The van der Waals surface area contributed by atoms with Gasteiger partial charge in [-0.2, -0.15) is 5.10 Å². The lowest BCUT2D eigenvalue weighted by atomic mass is 10.1. The van der Waals surface area contributed by atoms with Crippen molar-refractivity contribution in [1.29, 1.82) is 0 Å². The molecule has 0 aliphatic carbocycles. The molecule has 1 aliphatic rings. The minimum atomic E-state index is -0.107. The second kappa shape index (κ2) is 7.43. The van der Waals surface area contributed by atoms with Gasteiger partial charge in [-0.05, 0) is 21.5 Å². The number of nitrogens with one attached hydrogen (secondary N) is 1. The molecule has 2 heterocycles. The Labute approximate surface area is 160 Å². The van der Waals surface area contributed by atoms with Crippen LogP contribution in [0.3, 0.4) is 0 Å². The summed E-state index contributed by atoms with van der Waals surface area (Å²) >= 11 is 3.54. The quantitative estimate of drug-likeness (QED) is 0.706.